The first-order valence-electron chi connectivity index (χ1n) is 9.24. The zero-order valence-electron chi connectivity index (χ0n) is 16.2. The predicted octanol–water partition coefficient (Wildman–Crippen LogP) is 1.70. The molecule has 1 aliphatic rings. The molecule has 1 N–H and O–H groups in total. The maximum absolute atomic E-state index is 12.3. The molecule has 1 aliphatic heterocycles. The molecule has 0 aliphatic carbocycles. The molecular weight excluding hydrogens is 396 g/mol. The average molecular weight is 420 g/mol. The number of nitrogens with zero attached hydrogens (tertiary/aromatic N) is 3. The number of sulfonamides is 1. The van der Waals surface area contributed by atoms with E-state index in [-0.39, 0.29) is 17.1 Å². The number of ether oxygens (including phenoxy) is 1. The highest BCUT2D eigenvalue weighted by Crippen LogP contribution is 2.20. The van der Waals surface area contributed by atoms with E-state index in [0.717, 1.165) is 37.6 Å². The fourth-order valence-electron chi connectivity index (χ4n) is 3.19. The molecule has 0 aromatic heterocycles. The summed E-state index contributed by atoms with van der Waals surface area (Å²) in [6.07, 6.45) is 0. The average Bonchev–Trinajstić information content (AvgIpc) is 2.74. The van der Waals surface area contributed by atoms with E-state index in [1.165, 1.54) is 24.3 Å². The minimum atomic E-state index is -3.69. The van der Waals surface area contributed by atoms with Gasteiger partial charge < -0.3 is 9.64 Å². The summed E-state index contributed by atoms with van der Waals surface area (Å²) in [7, 11) is -2.04. The summed E-state index contributed by atoms with van der Waals surface area (Å²) in [6, 6.07) is 12.8. The second kappa shape index (κ2) is 9.21. The van der Waals surface area contributed by atoms with Crippen molar-refractivity contribution in [3.05, 3.63) is 58.6 Å². The van der Waals surface area contributed by atoms with Gasteiger partial charge in [0.15, 0.2) is 0 Å². The molecule has 0 saturated carbocycles. The van der Waals surface area contributed by atoms with Crippen molar-refractivity contribution in [3.8, 4) is 5.75 Å². The molecular formula is C19H24N4O5S. The molecule has 0 spiro atoms. The van der Waals surface area contributed by atoms with Crippen molar-refractivity contribution < 1.29 is 18.1 Å². The molecule has 1 fully saturated rings. The van der Waals surface area contributed by atoms with Crippen molar-refractivity contribution in [1.82, 2.24) is 9.62 Å². The maximum Gasteiger partial charge on any atom is 0.269 e. The molecule has 2 aromatic rings. The lowest BCUT2D eigenvalue weighted by Gasteiger charge is -2.36. The monoisotopic (exact) mass is 420 g/mol. The Morgan fingerprint density at radius 3 is 2.21 bits per heavy atom. The van der Waals surface area contributed by atoms with E-state index in [1.54, 1.807) is 7.11 Å². The molecule has 3 rings (SSSR count). The van der Waals surface area contributed by atoms with Crippen LogP contribution in [0.2, 0.25) is 0 Å². The van der Waals surface area contributed by atoms with Crippen LogP contribution in [0, 0.1) is 10.1 Å². The highest BCUT2D eigenvalue weighted by Gasteiger charge is 2.19. The second-order valence-electron chi connectivity index (χ2n) is 6.68. The number of hydrogen-bond acceptors (Lipinski definition) is 7. The second-order valence-corrected chi connectivity index (χ2v) is 8.44. The van der Waals surface area contributed by atoms with Crippen LogP contribution in [0.1, 0.15) is 0 Å². The number of hydrogen-bond donors (Lipinski definition) is 1. The number of rotatable bonds is 8. The first kappa shape index (κ1) is 21.0. The van der Waals surface area contributed by atoms with Gasteiger partial charge in [-0.05, 0) is 36.4 Å². The van der Waals surface area contributed by atoms with Crippen molar-refractivity contribution in [2.75, 3.05) is 51.3 Å². The first-order valence-corrected chi connectivity index (χ1v) is 10.7. The van der Waals surface area contributed by atoms with Gasteiger partial charge in [0.25, 0.3) is 5.69 Å². The van der Waals surface area contributed by atoms with Crippen LogP contribution >= 0.6 is 0 Å². The van der Waals surface area contributed by atoms with Crippen molar-refractivity contribution in [3.63, 3.8) is 0 Å². The molecule has 0 unspecified atom stereocenters. The number of anilines is 1. The van der Waals surface area contributed by atoms with Crippen LogP contribution in [-0.2, 0) is 10.0 Å². The summed E-state index contributed by atoms with van der Waals surface area (Å²) >= 11 is 0. The highest BCUT2D eigenvalue weighted by molar-refractivity contribution is 7.89. The van der Waals surface area contributed by atoms with Crippen LogP contribution in [0.4, 0.5) is 11.4 Å². The molecule has 10 heteroatoms. The largest absolute Gasteiger partial charge is 0.497 e. The third kappa shape index (κ3) is 5.43. The SMILES string of the molecule is COc1ccc(N2CCN(CCNS(=O)(=O)c3ccc([N+](=O)[O-])cc3)CC2)cc1. The van der Waals surface area contributed by atoms with Gasteiger partial charge in [-0.25, -0.2) is 13.1 Å². The predicted molar refractivity (Wildman–Crippen MR) is 110 cm³/mol. The fraction of sp³-hybridized carbons (Fsp3) is 0.368. The summed E-state index contributed by atoms with van der Waals surface area (Å²) in [5.41, 5.74) is 1.00. The van der Waals surface area contributed by atoms with Crippen LogP contribution in [0.15, 0.2) is 53.4 Å². The van der Waals surface area contributed by atoms with E-state index in [9.17, 15) is 18.5 Å². The lowest BCUT2D eigenvalue weighted by atomic mass is 10.2. The van der Waals surface area contributed by atoms with Crippen molar-refractivity contribution in [2.24, 2.45) is 0 Å². The molecule has 0 radical (unpaired) electrons. The number of non-ortho nitro benzene ring substituents is 1. The molecule has 0 atom stereocenters. The summed E-state index contributed by atoms with van der Waals surface area (Å²) in [5.74, 6) is 0.827. The Bertz CT molecular complexity index is 924. The fourth-order valence-corrected chi connectivity index (χ4v) is 4.21. The van der Waals surface area contributed by atoms with Gasteiger partial charge >= 0.3 is 0 Å². The molecule has 29 heavy (non-hydrogen) atoms. The summed E-state index contributed by atoms with van der Waals surface area (Å²) in [4.78, 5) is 14.6. The van der Waals surface area contributed by atoms with E-state index in [0.29, 0.717) is 6.54 Å². The van der Waals surface area contributed by atoms with Crippen LogP contribution in [0.3, 0.4) is 0 Å². The van der Waals surface area contributed by atoms with Gasteiger partial charge in [0, 0.05) is 57.1 Å². The Hall–Kier alpha value is -2.69. The van der Waals surface area contributed by atoms with E-state index in [2.05, 4.69) is 14.5 Å². The molecule has 0 amide bonds. The van der Waals surface area contributed by atoms with Crippen molar-refractivity contribution >= 4 is 21.4 Å². The maximum atomic E-state index is 12.3. The van der Waals surface area contributed by atoms with Gasteiger partial charge in [0.05, 0.1) is 16.9 Å². The molecule has 9 nitrogen and oxygen atoms in total. The Morgan fingerprint density at radius 1 is 1.03 bits per heavy atom. The van der Waals surface area contributed by atoms with Gasteiger partial charge in [-0.2, -0.15) is 0 Å². The topological polar surface area (TPSA) is 105 Å². The van der Waals surface area contributed by atoms with Crippen molar-refractivity contribution in [2.45, 2.75) is 4.90 Å². The number of methoxy groups -OCH3 is 1. The number of nitro groups is 1. The molecule has 1 saturated heterocycles. The van der Waals surface area contributed by atoms with E-state index >= 15 is 0 Å². The van der Waals surface area contributed by atoms with E-state index < -0.39 is 14.9 Å². The highest BCUT2D eigenvalue weighted by atomic mass is 32.2. The minimum absolute atomic E-state index is 0.0208. The Balaban J connectivity index is 1.45. The lowest BCUT2D eigenvalue weighted by Crippen LogP contribution is -2.48. The molecule has 2 aromatic carbocycles. The molecule has 156 valence electrons. The summed E-state index contributed by atoms with van der Waals surface area (Å²) in [6.45, 7) is 4.28. The Kier molecular flexibility index (Phi) is 6.68. The zero-order valence-corrected chi connectivity index (χ0v) is 17.0. The van der Waals surface area contributed by atoms with Gasteiger partial charge in [-0.1, -0.05) is 0 Å². The van der Waals surface area contributed by atoms with Crippen molar-refractivity contribution in [1.29, 1.82) is 0 Å². The summed E-state index contributed by atoms with van der Waals surface area (Å²) < 4.78 is 32.4. The third-order valence-electron chi connectivity index (χ3n) is 4.89. The normalized spacial score (nSPS) is 15.3. The zero-order chi connectivity index (χ0) is 20.9. The Morgan fingerprint density at radius 2 is 1.66 bits per heavy atom. The number of nitro benzene ring substituents is 1. The van der Waals surface area contributed by atoms with Gasteiger partial charge in [0.1, 0.15) is 5.75 Å². The lowest BCUT2D eigenvalue weighted by molar-refractivity contribution is -0.384. The third-order valence-corrected chi connectivity index (χ3v) is 6.36. The van der Waals surface area contributed by atoms with E-state index in [4.69, 9.17) is 4.74 Å². The van der Waals surface area contributed by atoms with Gasteiger partial charge in [0.2, 0.25) is 10.0 Å². The number of piperazine rings is 1. The quantitative estimate of drug-likeness (QED) is 0.512. The van der Waals surface area contributed by atoms with E-state index in [1.807, 2.05) is 24.3 Å². The van der Waals surface area contributed by atoms with Crippen LogP contribution < -0.4 is 14.4 Å². The smallest absolute Gasteiger partial charge is 0.269 e. The Labute approximate surface area is 170 Å². The molecule has 0 bridgehead atoms. The minimum Gasteiger partial charge on any atom is -0.497 e. The molecule has 1 heterocycles. The number of benzene rings is 2. The summed E-state index contributed by atoms with van der Waals surface area (Å²) in [5, 5.41) is 10.7. The first-order chi connectivity index (χ1) is 13.9. The van der Waals surface area contributed by atoms with Crippen LogP contribution in [0.25, 0.3) is 0 Å². The van der Waals surface area contributed by atoms with Gasteiger partial charge in [-0.15, -0.1) is 0 Å². The van der Waals surface area contributed by atoms with Crippen LogP contribution in [-0.4, -0.2) is 64.6 Å². The van der Waals surface area contributed by atoms with Gasteiger partial charge in [-0.3, -0.25) is 15.0 Å². The number of nitrogens with one attached hydrogen (secondary N) is 1. The van der Waals surface area contributed by atoms with Crippen LogP contribution in [0.5, 0.6) is 5.75 Å². The standard InChI is InChI=1S/C19H24N4O5S/c1-28-18-6-2-16(3-7-18)22-14-12-21(13-15-22)11-10-20-29(26,27)19-8-4-17(5-9-19)23(24)25/h2-9,20H,10-15H2,1H3.